The van der Waals surface area contributed by atoms with Crippen molar-refractivity contribution in [1.82, 2.24) is 9.97 Å². The zero-order valence-electron chi connectivity index (χ0n) is 12.8. The van der Waals surface area contributed by atoms with Crippen LogP contribution in [0.25, 0.3) is 0 Å². The van der Waals surface area contributed by atoms with E-state index in [1.165, 1.54) is 0 Å². The smallest absolute Gasteiger partial charge is 0.221 e. The molecular weight excluding hydrogens is 242 g/mol. The Balaban J connectivity index is 2.78. The summed E-state index contributed by atoms with van der Waals surface area (Å²) in [5.41, 5.74) is 0.927. The second kappa shape index (κ2) is 7.28. The first-order chi connectivity index (χ1) is 8.95. The van der Waals surface area contributed by atoms with Gasteiger partial charge in [0.2, 0.25) is 5.88 Å². The van der Waals surface area contributed by atoms with Crippen LogP contribution in [0, 0.1) is 6.92 Å². The van der Waals surface area contributed by atoms with E-state index in [9.17, 15) is 0 Å². The quantitative estimate of drug-likeness (QED) is 0.770. The lowest BCUT2D eigenvalue weighted by Crippen LogP contribution is -2.14. The molecule has 0 bridgehead atoms. The van der Waals surface area contributed by atoms with Crippen LogP contribution in [-0.2, 0) is 4.74 Å². The molecule has 0 spiro atoms. The van der Waals surface area contributed by atoms with Gasteiger partial charge in [-0.2, -0.15) is 4.98 Å². The third-order valence-electron chi connectivity index (χ3n) is 2.64. The molecule has 1 heterocycles. The van der Waals surface area contributed by atoms with E-state index in [-0.39, 0.29) is 12.0 Å². The van der Waals surface area contributed by atoms with Crippen LogP contribution in [0.3, 0.4) is 0 Å². The summed E-state index contributed by atoms with van der Waals surface area (Å²) in [7, 11) is 1.85. The lowest BCUT2D eigenvalue weighted by Gasteiger charge is -2.15. The van der Waals surface area contributed by atoms with Crippen molar-refractivity contribution in [3.05, 3.63) is 11.4 Å². The molecule has 108 valence electrons. The summed E-state index contributed by atoms with van der Waals surface area (Å²) in [6.45, 7) is 11.2. The maximum atomic E-state index is 5.70. The zero-order chi connectivity index (χ0) is 14.4. The van der Waals surface area contributed by atoms with E-state index < -0.39 is 0 Å². The van der Waals surface area contributed by atoms with Crippen LogP contribution in [0.5, 0.6) is 5.88 Å². The lowest BCUT2D eigenvalue weighted by atomic mass is 10.2. The highest BCUT2D eigenvalue weighted by Crippen LogP contribution is 2.24. The third-order valence-corrected chi connectivity index (χ3v) is 2.64. The number of aromatic nitrogens is 2. The van der Waals surface area contributed by atoms with Crippen molar-refractivity contribution in [2.45, 2.75) is 46.6 Å². The monoisotopic (exact) mass is 267 g/mol. The highest BCUT2D eigenvalue weighted by molar-refractivity contribution is 5.48. The molecule has 5 heteroatoms. The van der Waals surface area contributed by atoms with Gasteiger partial charge >= 0.3 is 0 Å². The van der Waals surface area contributed by atoms with E-state index in [1.54, 1.807) is 0 Å². The molecule has 19 heavy (non-hydrogen) atoms. The van der Waals surface area contributed by atoms with Crippen LogP contribution in [0.15, 0.2) is 0 Å². The maximum absolute atomic E-state index is 5.70. The SMILES string of the molecule is CNc1nc(C(C)C)nc(OCCOC(C)C)c1C. The molecule has 0 unspecified atom stereocenters. The van der Waals surface area contributed by atoms with E-state index in [4.69, 9.17) is 9.47 Å². The van der Waals surface area contributed by atoms with Gasteiger partial charge in [0.1, 0.15) is 18.2 Å². The molecule has 0 aliphatic carbocycles. The average molecular weight is 267 g/mol. The van der Waals surface area contributed by atoms with Gasteiger partial charge < -0.3 is 14.8 Å². The van der Waals surface area contributed by atoms with E-state index in [1.807, 2.05) is 27.8 Å². The number of rotatable bonds is 7. The fraction of sp³-hybridized carbons (Fsp3) is 0.714. The third kappa shape index (κ3) is 4.67. The van der Waals surface area contributed by atoms with Crippen LogP contribution in [0.1, 0.15) is 45.0 Å². The molecule has 0 aromatic carbocycles. The molecule has 0 atom stereocenters. The lowest BCUT2D eigenvalue weighted by molar-refractivity contribution is 0.0540. The fourth-order valence-electron chi connectivity index (χ4n) is 1.58. The van der Waals surface area contributed by atoms with Gasteiger partial charge in [-0.15, -0.1) is 0 Å². The molecule has 0 aliphatic heterocycles. The van der Waals surface area contributed by atoms with Crippen LogP contribution in [0.4, 0.5) is 5.82 Å². The van der Waals surface area contributed by atoms with E-state index in [0.717, 1.165) is 17.2 Å². The normalized spacial score (nSPS) is 11.2. The molecule has 0 saturated heterocycles. The van der Waals surface area contributed by atoms with Gasteiger partial charge in [0.15, 0.2) is 0 Å². The van der Waals surface area contributed by atoms with E-state index in [0.29, 0.717) is 19.1 Å². The van der Waals surface area contributed by atoms with Gasteiger partial charge in [0.25, 0.3) is 0 Å². The van der Waals surface area contributed by atoms with Gasteiger partial charge in [-0.1, -0.05) is 13.8 Å². The van der Waals surface area contributed by atoms with Gasteiger partial charge in [0, 0.05) is 13.0 Å². The van der Waals surface area contributed by atoms with Crippen molar-refractivity contribution < 1.29 is 9.47 Å². The average Bonchev–Trinajstić information content (AvgIpc) is 2.35. The summed E-state index contributed by atoms with van der Waals surface area (Å²) in [5.74, 6) is 2.51. The molecular formula is C14H25N3O2. The summed E-state index contributed by atoms with van der Waals surface area (Å²) >= 11 is 0. The Morgan fingerprint density at radius 1 is 1.11 bits per heavy atom. The van der Waals surface area contributed by atoms with Crippen molar-refractivity contribution in [1.29, 1.82) is 0 Å². The number of anilines is 1. The predicted octanol–water partition coefficient (Wildman–Crippen LogP) is 2.75. The van der Waals surface area contributed by atoms with Gasteiger partial charge in [-0.25, -0.2) is 4.98 Å². The second-order valence-corrected chi connectivity index (χ2v) is 5.03. The molecule has 1 rings (SSSR count). The minimum atomic E-state index is 0.217. The molecule has 0 amide bonds. The Kier molecular flexibility index (Phi) is 6.02. The van der Waals surface area contributed by atoms with Crippen LogP contribution >= 0.6 is 0 Å². The van der Waals surface area contributed by atoms with Crippen molar-refractivity contribution in [3.8, 4) is 5.88 Å². The fourth-order valence-corrected chi connectivity index (χ4v) is 1.58. The van der Waals surface area contributed by atoms with Crippen molar-refractivity contribution >= 4 is 5.82 Å². The van der Waals surface area contributed by atoms with Crippen molar-refractivity contribution in [3.63, 3.8) is 0 Å². The van der Waals surface area contributed by atoms with Crippen molar-refractivity contribution in [2.24, 2.45) is 0 Å². The number of hydrogen-bond acceptors (Lipinski definition) is 5. The Bertz CT molecular complexity index is 406. The van der Waals surface area contributed by atoms with Crippen LogP contribution in [0.2, 0.25) is 0 Å². The van der Waals surface area contributed by atoms with Gasteiger partial charge in [0.05, 0.1) is 18.3 Å². The summed E-state index contributed by atoms with van der Waals surface area (Å²) in [4.78, 5) is 8.94. The molecule has 0 aliphatic rings. The van der Waals surface area contributed by atoms with Gasteiger partial charge in [-0.05, 0) is 20.8 Å². The summed E-state index contributed by atoms with van der Waals surface area (Å²) in [5, 5.41) is 3.08. The van der Waals surface area contributed by atoms with Gasteiger partial charge in [-0.3, -0.25) is 0 Å². The zero-order valence-corrected chi connectivity index (χ0v) is 12.8. The molecule has 1 aromatic heterocycles. The minimum absolute atomic E-state index is 0.217. The first kappa shape index (κ1) is 15.7. The molecule has 5 nitrogen and oxygen atoms in total. The van der Waals surface area contributed by atoms with E-state index >= 15 is 0 Å². The highest BCUT2D eigenvalue weighted by Gasteiger charge is 2.13. The standard InChI is InChI=1S/C14H25N3O2/c1-9(2)12-16-13(15-6)11(5)14(17-12)19-8-7-18-10(3)4/h9-10H,7-8H2,1-6H3,(H,15,16,17). The Hall–Kier alpha value is -1.36. The first-order valence-electron chi connectivity index (χ1n) is 6.76. The maximum Gasteiger partial charge on any atom is 0.221 e. The number of hydrogen-bond donors (Lipinski definition) is 1. The predicted molar refractivity (Wildman–Crippen MR) is 77.0 cm³/mol. The largest absolute Gasteiger partial charge is 0.475 e. The molecule has 1 aromatic rings. The molecule has 0 saturated carbocycles. The number of nitrogens with one attached hydrogen (secondary N) is 1. The van der Waals surface area contributed by atoms with E-state index in [2.05, 4.69) is 29.1 Å². The minimum Gasteiger partial charge on any atom is -0.475 e. The summed E-state index contributed by atoms with van der Waals surface area (Å²) in [6, 6.07) is 0. The highest BCUT2D eigenvalue weighted by atomic mass is 16.5. The Labute approximate surface area is 115 Å². The summed E-state index contributed by atoms with van der Waals surface area (Å²) in [6.07, 6.45) is 0.217. The number of nitrogens with zero attached hydrogens (tertiary/aromatic N) is 2. The molecule has 0 radical (unpaired) electrons. The number of ether oxygens (including phenoxy) is 2. The van der Waals surface area contributed by atoms with Crippen LogP contribution in [-0.4, -0.2) is 36.3 Å². The van der Waals surface area contributed by atoms with Crippen molar-refractivity contribution in [2.75, 3.05) is 25.6 Å². The first-order valence-corrected chi connectivity index (χ1v) is 6.76. The topological polar surface area (TPSA) is 56.3 Å². The second-order valence-electron chi connectivity index (χ2n) is 5.03. The molecule has 1 N–H and O–H groups in total. The Morgan fingerprint density at radius 3 is 2.32 bits per heavy atom. The summed E-state index contributed by atoms with van der Waals surface area (Å²) < 4.78 is 11.2. The molecule has 0 fully saturated rings. The van der Waals surface area contributed by atoms with Crippen LogP contribution < -0.4 is 10.1 Å². The Morgan fingerprint density at radius 2 is 1.79 bits per heavy atom.